The van der Waals surface area contributed by atoms with Crippen LogP contribution in [0.3, 0.4) is 0 Å². The molecule has 0 radical (unpaired) electrons. The van der Waals surface area contributed by atoms with Gasteiger partial charge in [-0.2, -0.15) is 5.10 Å². The lowest BCUT2D eigenvalue weighted by Crippen LogP contribution is -2.49. The molecule has 3 heterocycles. The molecule has 4 rings (SSSR count). The van der Waals surface area contributed by atoms with Crippen molar-refractivity contribution in [3.8, 4) is 0 Å². The molecule has 1 N–H and O–H groups in total. The zero-order chi connectivity index (χ0) is 21.3. The molecule has 1 aromatic carbocycles. The van der Waals surface area contributed by atoms with Crippen molar-refractivity contribution < 1.29 is 9.72 Å². The standard InChI is InChI=1S/C18H19ClN8O3/c1-24-17-13(9-22-24)18(21-11-20-17)26-6-4-25(5-7-26)10-16(28)23-15-3-2-12(27(29)30)8-14(15)19/h2-3,8-9,11H,4-7,10H2,1H3,(H,23,28). The first kappa shape index (κ1) is 20.0. The lowest BCUT2D eigenvalue weighted by molar-refractivity contribution is -0.384. The number of amides is 1. The van der Waals surface area contributed by atoms with E-state index in [0.29, 0.717) is 31.9 Å². The highest BCUT2D eigenvalue weighted by molar-refractivity contribution is 6.34. The highest BCUT2D eigenvalue weighted by Gasteiger charge is 2.22. The molecular weight excluding hydrogens is 412 g/mol. The van der Waals surface area contributed by atoms with Crippen LogP contribution in [0.15, 0.2) is 30.7 Å². The van der Waals surface area contributed by atoms with E-state index in [1.54, 1.807) is 10.9 Å². The number of carbonyl (C=O) groups excluding carboxylic acids is 1. The van der Waals surface area contributed by atoms with Crippen molar-refractivity contribution in [2.24, 2.45) is 7.05 Å². The maximum atomic E-state index is 12.4. The molecule has 0 aliphatic carbocycles. The van der Waals surface area contributed by atoms with Crippen LogP contribution >= 0.6 is 11.6 Å². The summed E-state index contributed by atoms with van der Waals surface area (Å²) in [6.07, 6.45) is 3.30. The zero-order valence-corrected chi connectivity index (χ0v) is 16.9. The van der Waals surface area contributed by atoms with Crippen molar-refractivity contribution in [1.29, 1.82) is 0 Å². The van der Waals surface area contributed by atoms with Gasteiger partial charge in [0.1, 0.15) is 12.1 Å². The van der Waals surface area contributed by atoms with Crippen LogP contribution in [0.1, 0.15) is 0 Å². The molecule has 3 aromatic rings. The highest BCUT2D eigenvalue weighted by Crippen LogP contribution is 2.27. The molecule has 12 heteroatoms. The Morgan fingerprint density at radius 1 is 1.27 bits per heavy atom. The third-order valence-corrected chi connectivity index (χ3v) is 5.30. The number of piperazine rings is 1. The van der Waals surface area contributed by atoms with E-state index in [1.165, 1.54) is 24.5 Å². The minimum atomic E-state index is -0.534. The van der Waals surface area contributed by atoms with Gasteiger partial charge >= 0.3 is 0 Å². The third kappa shape index (κ3) is 4.02. The van der Waals surface area contributed by atoms with Crippen molar-refractivity contribution in [3.05, 3.63) is 45.9 Å². The molecule has 0 bridgehead atoms. The van der Waals surface area contributed by atoms with Crippen LogP contribution < -0.4 is 10.2 Å². The number of rotatable bonds is 5. The van der Waals surface area contributed by atoms with Crippen molar-refractivity contribution in [1.82, 2.24) is 24.6 Å². The van der Waals surface area contributed by atoms with E-state index in [0.717, 1.165) is 16.9 Å². The van der Waals surface area contributed by atoms with Gasteiger partial charge in [0.15, 0.2) is 5.65 Å². The van der Waals surface area contributed by atoms with Crippen molar-refractivity contribution >= 4 is 45.7 Å². The van der Waals surface area contributed by atoms with Gasteiger partial charge in [0.2, 0.25) is 5.91 Å². The molecule has 156 valence electrons. The summed E-state index contributed by atoms with van der Waals surface area (Å²) >= 11 is 6.04. The summed E-state index contributed by atoms with van der Waals surface area (Å²) in [7, 11) is 1.84. The van der Waals surface area contributed by atoms with Crippen LogP contribution in [0, 0.1) is 10.1 Å². The number of fused-ring (bicyclic) bond motifs is 1. The van der Waals surface area contributed by atoms with Gasteiger partial charge in [0.05, 0.1) is 33.8 Å². The van der Waals surface area contributed by atoms with Crippen LogP contribution in [-0.4, -0.2) is 68.2 Å². The van der Waals surface area contributed by atoms with Crippen LogP contribution in [0.4, 0.5) is 17.2 Å². The largest absolute Gasteiger partial charge is 0.353 e. The number of nitrogens with zero attached hydrogens (tertiary/aromatic N) is 7. The Balaban J connectivity index is 1.34. The average molecular weight is 431 g/mol. The summed E-state index contributed by atoms with van der Waals surface area (Å²) in [5.41, 5.74) is 1.01. The second-order valence-electron chi connectivity index (χ2n) is 6.94. The number of nitro groups is 1. The number of anilines is 2. The second-order valence-corrected chi connectivity index (χ2v) is 7.34. The zero-order valence-electron chi connectivity index (χ0n) is 16.2. The number of benzene rings is 1. The van der Waals surface area contributed by atoms with Crippen LogP contribution in [0.5, 0.6) is 0 Å². The number of aryl methyl sites for hydroxylation is 1. The van der Waals surface area contributed by atoms with Gasteiger partial charge in [-0.15, -0.1) is 0 Å². The number of nitrogens with one attached hydrogen (secondary N) is 1. The summed E-state index contributed by atoms with van der Waals surface area (Å²) in [4.78, 5) is 35.5. The van der Waals surface area contributed by atoms with Crippen molar-refractivity contribution in [2.45, 2.75) is 0 Å². The van der Waals surface area contributed by atoms with Crippen molar-refractivity contribution in [2.75, 3.05) is 42.9 Å². The second kappa shape index (κ2) is 8.20. The van der Waals surface area contributed by atoms with E-state index in [-0.39, 0.29) is 23.2 Å². The number of carbonyl (C=O) groups is 1. The fraction of sp³-hybridized carbons (Fsp3) is 0.333. The Hall–Kier alpha value is -3.31. The van der Waals surface area contributed by atoms with Gasteiger partial charge in [0.25, 0.3) is 5.69 Å². The Bertz CT molecular complexity index is 1110. The minimum Gasteiger partial charge on any atom is -0.353 e. The number of non-ortho nitro benzene ring substituents is 1. The summed E-state index contributed by atoms with van der Waals surface area (Å²) in [6.45, 7) is 3.01. The predicted octanol–water partition coefficient (Wildman–Crippen LogP) is 1.69. The summed E-state index contributed by atoms with van der Waals surface area (Å²) in [5.74, 6) is 0.616. The van der Waals surface area contributed by atoms with E-state index in [1.807, 2.05) is 11.9 Å². The topological polar surface area (TPSA) is 122 Å². The first-order chi connectivity index (χ1) is 14.4. The monoisotopic (exact) mass is 430 g/mol. The number of halogens is 1. The Morgan fingerprint density at radius 2 is 2.03 bits per heavy atom. The Morgan fingerprint density at radius 3 is 2.73 bits per heavy atom. The summed E-state index contributed by atoms with van der Waals surface area (Å²) in [5, 5.41) is 18.8. The first-order valence-electron chi connectivity index (χ1n) is 9.26. The number of nitro benzene ring substituents is 1. The van der Waals surface area contributed by atoms with E-state index >= 15 is 0 Å². The molecule has 1 aliphatic heterocycles. The van der Waals surface area contributed by atoms with E-state index < -0.39 is 4.92 Å². The summed E-state index contributed by atoms with van der Waals surface area (Å²) in [6, 6.07) is 3.96. The van der Waals surface area contributed by atoms with E-state index in [2.05, 4.69) is 25.3 Å². The van der Waals surface area contributed by atoms with E-state index in [9.17, 15) is 14.9 Å². The maximum Gasteiger partial charge on any atom is 0.271 e. The average Bonchev–Trinajstić information content (AvgIpc) is 3.11. The van der Waals surface area contributed by atoms with Gasteiger partial charge < -0.3 is 10.2 Å². The minimum absolute atomic E-state index is 0.124. The lowest BCUT2D eigenvalue weighted by Gasteiger charge is -2.35. The molecule has 0 spiro atoms. The van der Waals surface area contributed by atoms with Gasteiger partial charge in [-0.3, -0.25) is 24.5 Å². The van der Waals surface area contributed by atoms with Gasteiger partial charge in [0, 0.05) is 45.4 Å². The fourth-order valence-corrected chi connectivity index (χ4v) is 3.65. The molecule has 0 atom stereocenters. The van der Waals surface area contributed by atoms with Crippen LogP contribution in [0.25, 0.3) is 11.0 Å². The summed E-state index contributed by atoms with van der Waals surface area (Å²) < 4.78 is 1.71. The lowest BCUT2D eigenvalue weighted by atomic mass is 10.2. The Kier molecular flexibility index (Phi) is 5.46. The maximum absolute atomic E-state index is 12.4. The van der Waals surface area contributed by atoms with Gasteiger partial charge in [-0.1, -0.05) is 11.6 Å². The number of hydrogen-bond acceptors (Lipinski definition) is 8. The highest BCUT2D eigenvalue weighted by atomic mass is 35.5. The predicted molar refractivity (Wildman–Crippen MR) is 112 cm³/mol. The molecule has 2 aromatic heterocycles. The molecular formula is C18H19ClN8O3. The van der Waals surface area contributed by atoms with Crippen LogP contribution in [-0.2, 0) is 11.8 Å². The van der Waals surface area contributed by atoms with Gasteiger partial charge in [-0.05, 0) is 6.07 Å². The molecule has 0 saturated carbocycles. The molecule has 11 nitrogen and oxygen atoms in total. The number of aromatic nitrogens is 4. The Labute approximate surface area is 176 Å². The molecule has 1 fully saturated rings. The van der Waals surface area contributed by atoms with Crippen LogP contribution in [0.2, 0.25) is 5.02 Å². The molecule has 0 unspecified atom stereocenters. The third-order valence-electron chi connectivity index (χ3n) is 4.99. The van der Waals surface area contributed by atoms with Gasteiger partial charge in [-0.25, -0.2) is 9.97 Å². The first-order valence-corrected chi connectivity index (χ1v) is 9.64. The normalized spacial score (nSPS) is 14.8. The number of hydrogen-bond donors (Lipinski definition) is 1. The molecule has 1 saturated heterocycles. The molecule has 30 heavy (non-hydrogen) atoms. The smallest absolute Gasteiger partial charge is 0.271 e. The molecule has 1 amide bonds. The van der Waals surface area contributed by atoms with E-state index in [4.69, 9.17) is 11.6 Å². The SMILES string of the molecule is Cn1ncc2c(N3CCN(CC(=O)Nc4ccc([N+](=O)[O-])cc4Cl)CC3)ncnc21. The van der Waals surface area contributed by atoms with Crippen molar-refractivity contribution in [3.63, 3.8) is 0 Å². The fourth-order valence-electron chi connectivity index (χ4n) is 3.43. The molecule has 1 aliphatic rings. The quantitative estimate of drug-likeness (QED) is 0.479.